The van der Waals surface area contributed by atoms with Gasteiger partial charge in [0.2, 0.25) is 0 Å². The van der Waals surface area contributed by atoms with Crippen LogP contribution in [0.15, 0.2) is 9.98 Å². The molecule has 0 aromatic heterocycles. The van der Waals surface area contributed by atoms with Gasteiger partial charge in [-0.1, -0.05) is 7.43 Å². The molecule has 6 atom stereocenters. The van der Waals surface area contributed by atoms with E-state index in [1.54, 1.807) is 12.2 Å². The van der Waals surface area contributed by atoms with E-state index in [1.807, 2.05) is 0 Å². The first-order valence-electron chi connectivity index (χ1n) is 4.66. The molecule has 6 unspecified atom stereocenters. The van der Waals surface area contributed by atoms with Gasteiger partial charge in [-0.05, 0) is 0 Å². The Labute approximate surface area is 94.4 Å². The van der Waals surface area contributed by atoms with Crippen molar-refractivity contribution in [3.63, 3.8) is 0 Å². The maximum atomic E-state index is 10.2. The molecule has 4 bridgehead atoms. The van der Waals surface area contributed by atoms with Gasteiger partial charge in [0.1, 0.15) is 0 Å². The topological polar surface area (TPSA) is 58.9 Å². The van der Waals surface area contributed by atoms with Crippen molar-refractivity contribution in [2.45, 2.75) is 35.6 Å². The SMILES string of the molecule is C.O=C=NC1C2CC3C(N=C=O)C2[Se]C31. The Balaban J connectivity index is 0.000000853. The van der Waals surface area contributed by atoms with Gasteiger partial charge in [0.15, 0.2) is 0 Å². The first-order chi connectivity index (χ1) is 6.86. The molecular formula is C10H12N2O2Se. The quantitative estimate of drug-likeness (QED) is 0.427. The Morgan fingerprint density at radius 1 is 1.00 bits per heavy atom. The Morgan fingerprint density at radius 3 is 1.73 bits per heavy atom. The van der Waals surface area contributed by atoms with E-state index >= 15 is 0 Å². The van der Waals surface area contributed by atoms with Crippen LogP contribution in [0.25, 0.3) is 0 Å². The van der Waals surface area contributed by atoms with Crippen molar-refractivity contribution >= 4 is 27.1 Å². The van der Waals surface area contributed by atoms with Crippen molar-refractivity contribution in [2.75, 3.05) is 0 Å². The van der Waals surface area contributed by atoms with Gasteiger partial charge in [0, 0.05) is 0 Å². The molecule has 2 saturated heterocycles. The van der Waals surface area contributed by atoms with E-state index in [0.717, 1.165) is 6.42 Å². The second-order valence-electron chi connectivity index (χ2n) is 4.05. The van der Waals surface area contributed by atoms with Crippen LogP contribution in [-0.4, -0.2) is 39.2 Å². The third-order valence-electron chi connectivity index (χ3n) is 3.66. The van der Waals surface area contributed by atoms with Gasteiger partial charge >= 0.3 is 86.7 Å². The van der Waals surface area contributed by atoms with Gasteiger partial charge in [-0.3, -0.25) is 0 Å². The summed E-state index contributed by atoms with van der Waals surface area (Å²) in [5.41, 5.74) is 0. The Hall–Kier alpha value is -0.721. The zero-order valence-corrected chi connectivity index (χ0v) is 9.00. The summed E-state index contributed by atoms with van der Waals surface area (Å²) in [5.74, 6) is 1.02. The minimum atomic E-state index is 0. The normalized spacial score (nSPS) is 48.3. The van der Waals surface area contributed by atoms with E-state index in [-0.39, 0.29) is 19.5 Å². The summed E-state index contributed by atoms with van der Waals surface area (Å²) >= 11 is 0.517. The van der Waals surface area contributed by atoms with E-state index in [4.69, 9.17) is 0 Å². The molecule has 0 N–H and O–H groups in total. The summed E-state index contributed by atoms with van der Waals surface area (Å²) in [4.78, 5) is 29.3. The van der Waals surface area contributed by atoms with E-state index in [1.165, 1.54) is 0 Å². The predicted molar refractivity (Wildman–Crippen MR) is 55.4 cm³/mol. The summed E-state index contributed by atoms with van der Waals surface area (Å²) < 4.78 is 0. The van der Waals surface area contributed by atoms with Crippen LogP contribution in [-0.2, 0) is 9.59 Å². The predicted octanol–water partition coefficient (Wildman–Crippen LogP) is 0.976. The number of nitrogens with zero attached hydrogens (tertiary/aromatic N) is 2. The van der Waals surface area contributed by atoms with Crippen LogP contribution >= 0.6 is 0 Å². The number of carbonyl (C=O) groups excluding carboxylic acids is 2. The average molecular weight is 271 g/mol. The van der Waals surface area contributed by atoms with Crippen LogP contribution in [0.3, 0.4) is 0 Å². The van der Waals surface area contributed by atoms with Crippen LogP contribution in [0.5, 0.6) is 0 Å². The van der Waals surface area contributed by atoms with E-state index < -0.39 is 0 Å². The molecule has 2 aliphatic heterocycles. The third-order valence-corrected chi connectivity index (χ3v) is 7.61. The summed E-state index contributed by atoms with van der Waals surface area (Å²) in [6, 6.07) is 0.418. The van der Waals surface area contributed by atoms with Gasteiger partial charge in [-0.15, -0.1) is 0 Å². The van der Waals surface area contributed by atoms with Crippen molar-refractivity contribution in [1.29, 1.82) is 0 Å². The Kier molecular flexibility index (Phi) is 2.66. The number of isocyanates is 2. The average Bonchev–Trinajstić information content (AvgIpc) is 2.86. The first-order valence-corrected chi connectivity index (χ1v) is 6.64. The second kappa shape index (κ2) is 3.69. The minimum absolute atomic E-state index is 0. The molecule has 0 radical (unpaired) electrons. The van der Waals surface area contributed by atoms with Crippen molar-refractivity contribution in [1.82, 2.24) is 0 Å². The number of hydrogen-bond acceptors (Lipinski definition) is 4. The molecule has 0 aromatic rings. The molecule has 4 aliphatic rings. The van der Waals surface area contributed by atoms with Gasteiger partial charge in [0.25, 0.3) is 0 Å². The molecule has 5 heteroatoms. The fraction of sp³-hybridized carbons (Fsp3) is 0.800. The van der Waals surface area contributed by atoms with Crippen LogP contribution in [0.4, 0.5) is 0 Å². The molecule has 0 spiro atoms. The second-order valence-corrected chi connectivity index (χ2v) is 6.91. The molecule has 0 aromatic carbocycles. The number of aliphatic imine (C=N–C) groups is 2. The molecule has 0 amide bonds. The summed E-state index contributed by atoms with van der Waals surface area (Å²) in [6.07, 6.45) is 4.45. The van der Waals surface area contributed by atoms with Gasteiger partial charge in [-0.25, -0.2) is 0 Å². The van der Waals surface area contributed by atoms with Gasteiger partial charge < -0.3 is 0 Å². The molecule has 2 aliphatic carbocycles. The summed E-state index contributed by atoms with van der Waals surface area (Å²) in [5, 5.41) is 0. The molecule has 4 nitrogen and oxygen atoms in total. The monoisotopic (exact) mass is 272 g/mol. The zero-order valence-electron chi connectivity index (χ0n) is 7.29. The van der Waals surface area contributed by atoms with E-state index in [9.17, 15) is 9.59 Å². The van der Waals surface area contributed by atoms with Crippen LogP contribution < -0.4 is 0 Å². The fourth-order valence-electron chi connectivity index (χ4n) is 3.25. The van der Waals surface area contributed by atoms with Crippen LogP contribution in [0, 0.1) is 11.8 Å². The van der Waals surface area contributed by atoms with Crippen molar-refractivity contribution < 1.29 is 9.59 Å². The first kappa shape index (κ1) is 10.8. The summed E-state index contributed by atoms with van der Waals surface area (Å²) in [6.45, 7) is 0. The van der Waals surface area contributed by atoms with Crippen LogP contribution in [0.1, 0.15) is 13.8 Å². The number of rotatable bonds is 2. The fourth-order valence-corrected chi connectivity index (χ4v) is 7.78. The number of hydrogen-bond donors (Lipinski definition) is 0. The van der Waals surface area contributed by atoms with Crippen molar-refractivity contribution in [2.24, 2.45) is 21.8 Å². The van der Waals surface area contributed by atoms with Crippen molar-refractivity contribution in [3.05, 3.63) is 0 Å². The molecule has 80 valence electrons. The Bertz CT molecular complexity index is 322. The molecule has 4 rings (SSSR count). The standard InChI is InChI=1S/C9H8N2O2Se.CH4/c12-2-10-6-4-1-5-7(11-3-13)9(4)14-8(5)6;/h4-9H,1H2;1H4. The summed E-state index contributed by atoms with van der Waals surface area (Å²) in [7, 11) is 0. The van der Waals surface area contributed by atoms with Gasteiger partial charge in [-0.2, -0.15) is 0 Å². The van der Waals surface area contributed by atoms with E-state index in [0.29, 0.717) is 36.4 Å². The van der Waals surface area contributed by atoms with Crippen molar-refractivity contribution in [3.8, 4) is 0 Å². The van der Waals surface area contributed by atoms with Gasteiger partial charge in [0.05, 0.1) is 0 Å². The van der Waals surface area contributed by atoms with Crippen LogP contribution in [0.2, 0.25) is 9.63 Å². The molecule has 15 heavy (non-hydrogen) atoms. The Morgan fingerprint density at radius 2 is 1.47 bits per heavy atom. The van der Waals surface area contributed by atoms with E-state index in [2.05, 4.69) is 9.98 Å². The molecular weight excluding hydrogens is 259 g/mol. The maximum absolute atomic E-state index is 10.2. The molecule has 2 heterocycles. The zero-order chi connectivity index (χ0) is 9.71. The molecule has 4 fully saturated rings. The molecule has 2 saturated carbocycles. The third kappa shape index (κ3) is 1.22.